The van der Waals surface area contributed by atoms with Crippen LogP contribution in [0.15, 0.2) is 24.3 Å². The molecule has 1 fully saturated rings. The summed E-state index contributed by atoms with van der Waals surface area (Å²) in [5.41, 5.74) is 3.87. The minimum atomic E-state index is 0.179. The van der Waals surface area contributed by atoms with E-state index in [0.29, 0.717) is 13.1 Å². The third kappa shape index (κ3) is 4.55. The molecule has 1 amide bonds. The number of benzene rings is 1. The average molecular weight is 421 g/mol. The highest BCUT2D eigenvalue weighted by atomic mass is 16.1. The molecule has 4 rings (SSSR count). The van der Waals surface area contributed by atoms with Gasteiger partial charge in [0.05, 0.1) is 16.8 Å². The van der Waals surface area contributed by atoms with Crippen LogP contribution in [0.1, 0.15) is 62.5 Å². The van der Waals surface area contributed by atoms with Gasteiger partial charge in [-0.15, -0.1) is 0 Å². The lowest BCUT2D eigenvalue weighted by molar-refractivity contribution is -0.124. The Morgan fingerprint density at radius 1 is 1.10 bits per heavy atom. The Morgan fingerprint density at radius 3 is 2.48 bits per heavy atom. The lowest BCUT2D eigenvalue weighted by atomic mass is 10.1. The molecule has 164 valence electrons. The highest BCUT2D eigenvalue weighted by Crippen LogP contribution is 2.28. The lowest BCUT2D eigenvalue weighted by Crippen LogP contribution is -2.33. The van der Waals surface area contributed by atoms with E-state index in [2.05, 4.69) is 55.7 Å². The van der Waals surface area contributed by atoms with E-state index in [0.717, 1.165) is 59.7 Å². The molecule has 2 aromatic heterocycles. The Balaban J connectivity index is 1.58. The number of nitrogens with one attached hydrogen (secondary N) is 2. The number of carbonyl (C=O) groups excluding carboxylic acids is 1. The van der Waals surface area contributed by atoms with Crippen LogP contribution in [0.5, 0.6) is 0 Å². The summed E-state index contributed by atoms with van der Waals surface area (Å²) < 4.78 is 1.89. The fourth-order valence-corrected chi connectivity index (χ4v) is 4.15. The SMILES string of the molecule is Cc1ccc(-n2nc(C)c3c(NCCNC(=O)C4CCCC4)nc(C(C)C)nc32)cc1. The Labute approximate surface area is 183 Å². The van der Waals surface area contributed by atoms with Gasteiger partial charge in [0.25, 0.3) is 0 Å². The fraction of sp³-hybridized carbons (Fsp3) is 0.500. The van der Waals surface area contributed by atoms with Crippen molar-refractivity contribution in [3.63, 3.8) is 0 Å². The Bertz CT molecular complexity index is 1060. The number of fused-ring (bicyclic) bond motifs is 1. The third-order valence-electron chi connectivity index (χ3n) is 5.96. The first-order valence-electron chi connectivity index (χ1n) is 11.3. The molecule has 1 aromatic carbocycles. The highest BCUT2D eigenvalue weighted by molar-refractivity contribution is 5.90. The van der Waals surface area contributed by atoms with Crippen molar-refractivity contribution in [1.29, 1.82) is 0 Å². The third-order valence-corrected chi connectivity index (χ3v) is 5.96. The maximum atomic E-state index is 12.3. The van der Waals surface area contributed by atoms with Crippen molar-refractivity contribution in [2.75, 3.05) is 18.4 Å². The van der Waals surface area contributed by atoms with E-state index in [1.54, 1.807) is 0 Å². The molecule has 0 spiro atoms. The van der Waals surface area contributed by atoms with Gasteiger partial charge in [0.1, 0.15) is 11.6 Å². The van der Waals surface area contributed by atoms with Crippen LogP contribution in [0.3, 0.4) is 0 Å². The summed E-state index contributed by atoms with van der Waals surface area (Å²) in [5, 5.41) is 12.2. The summed E-state index contributed by atoms with van der Waals surface area (Å²) in [6.45, 7) is 9.42. The van der Waals surface area contributed by atoms with Crippen molar-refractivity contribution >= 4 is 22.8 Å². The molecule has 0 bridgehead atoms. The van der Waals surface area contributed by atoms with Crippen molar-refractivity contribution in [3.8, 4) is 5.69 Å². The molecule has 31 heavy (non-hydrogen) atoms. The molecule has 0 aliphatic heterocycles. The number of anilines is 1. The smallest absolute Gasteiger partial charge is 0.223 e. The van der Waals surface area contributed by atoms with Crippen LogP contribution in [-0.4, -0.2) is 38.7 Å². The van der Waals surface area contributed by atoms with E-state index >= 15 is 0 Å². The molecule has 7 heteroatoms. The lowest BCUT2D eigenvalue weighted by Gasteiger charge is -2.13. The zero-order chi connectivity index (χ0) is 22.0. The summed E-state index contributed by atoms with van der Waals surface area (Å²) in [6.07, 6.45) is 4.36. The quantitative estimate of drug-likeness (QED) is 0.558. The topological polar surface area (TPSA) is 84.7 Å². The van der Waals surface area contributed by atoms with E-state index < -0.39 is 0 Å². The number of aromatic nitrogens is 4. The minimum absolute atomic E-state index is 0.179. The second-order valence-electron chi connectivity index (χ2n) is 8.82. The zero-order valence-corrected chi connectivity index (χ0v) is 18.9. The van der Waals surface area contributed by atoms with Gasteiger partial charge in [-0.05, 0) is 38.8 Å². The standard InChI is InChI=1S/C24H32N6O/c1-15(2)21-27-22(25-13-14-26-24(31)18-7-5-6-8-18)20-17(4)29-30(23(20)28-21)19-11-9-16(3)10-12-19/h9-12,15,18H,5-8,13-14H2,1-4H3,(H,26,31)(H,25,27,28). The van der Waals surface area contributed by atoms with Gasteiger partial charge in [-0.3, -0.25) is 4.79 Å². The predicted molar refractivity (Wildman–Crippen MR) is 124 cm³/mol. The van der Waals surface area contributed by atoms with Crippen LogP contribution >= 0.6 is 0 Å². The van der Waals surface area contributed by atoms with Gasteiger partial charge in [0.15, 0.2) is 5.65 Å². The molecule has 2 heterocycles. The van der Waals surface area contributed by atoms with Crippen molar-refractivity contribution in [2.24, 2.45) is 5.92 Å². The van der Waals surface area contributed by atoms with Gasteiger partial charge in [-0.2, -0.15) is 5.10 Å². The molecule has 2 N–H and O–H groups in total. The van der Waals surface area contributed by atoms with Gasteiger partial charge < -0.3 is 10.6 Å². The molecule has 7 nitrogen and oxygen atoms in total. The molecular formula is C24H32N6O. The highest BCUT2D eigenvalue weighted by Gasteiger charge is 2.22. The number of carbonyl (C=O) groups is 1. The molecule has 1 saturated carbocycles. The van der Waals surface area contributed by atoms with E-state index in [-0.39, 0.29) is 17.7 Å². The molecule has 0 atom stereocenters. The Morgan fingerprint density at radius 2 is 1.81 bits per heavy atom. The van der Waals surface area contributed by atoms with E-state index in [1.807, 2.05) is 11.6 Å². The number of hydrogen-bond acceptors (Lipinski definition) is 5. The molecular weight excluding hydrogens is 388 g/mol. The summed E-state index contributed by atoms with van der Waals surface area (Å²) in [5.74, 6) is 2.11. The molecule has 1 aliphatic rings. The monoisotopic (exact) mass is 420 g/mol. The number of amides is 1. The van der Waals surface area contributed by atoms with Crippen LogP contribution < -0.4 is 10.6 Å². The zero-order valence-electron chi connectivity index (χ0n) is 18.9. The molecule has 0 saturated heterocycles. The van der Waals surface area contributed by atoms with Gasteiger partial charge in [-0.25, -0.2) is 14.6 Å². The normalized spacial score (nSPS) is 14.5. The maximum Gasteiger partial charge on any atom is 0.223 e. The minimum Gasteiger partial charge on any atom is -0.368 e. The van der Waals surface area contributed by atoms with Crippen molar-refractivity contribution in [3.05, 3.63) is 41.3 Å². The Hall–Kier alpha value is -2.96. The number of nitrogens with zero attached hydrogens (tertiary/aromatic N) is 4. The first-order valence-corrected chi connectivity index (χ1v) is 11.3. The van der Waals surface area contributed by atoms with Crippen LogP contribution in [0.25, 0.3) is 16.7 Å². The van der Waals surface area contributed by atoms with E-state index in [4.69, 9.17) is 15.1 Å². The van der Waals surface area contributed by atoms with Gasteiger partial charge in [0.2, 0.25) is 5.91 Å². The first kappa shape index (κ1) is 21.3. The summed E-state index contributed by atoms with van der Waals surface area (Å²) in [6, 6.07) is 8.28. The van der Waals surface area contributed by atoms with Gasteiger partial charge >= 0.3 is 0 Å². The molecule has 0 unspecified atom stereocenters. The maximum absolute atomic E-state index is 12.3. The van der Waals surface area contributed by atoms with Crippen LogP contribution in [0, 0.1) is 19.8 Å². The second-order valence-corrected chi connectivity index (χ2v) is 8.82. The largest absolute Gasteiger partial charge is 0.368 e. The molecule has 3 aromatic rings. The number of aryl methyl sites for hydroxylation is 2. The number of rotatable bonds is 7. The van der Waals surface area contributed by atoms with Crippen LogP contribution in [0.4, 0.5) is 5.82 Å². The first-order chi connectivity index (χ1) is 14.9. The van der Waals surface area contributed by atoms with Crippen LogP contribution in [0.2, 0.25) is 0 Å². The molecule has 0 radical (unpaired) electrons. The van der Waals surface area contributed by atoms with Crippen LogP contribution in [-0.2, 0) is 4.79 Å². The van der Waals surface area contributed by atoms with E-state index in [9.17, 15) is 4.79 Å². The second kappa shape index (κ2) is 9.04. The predicted octanol–water partition coefficient (Wildman–Crippen LogP) is 4.27. The van der Waals surface area contributed by atoms with Gasteiger partial charge in [0, 0.05) is 24.9 Å². The average Bonchev–Trinajstić information content (AvgIpc) is 3.40. The van der Waals surface area contributed by atoms with Crippen molar-refractivity contribution in [2.45, 2.75) is 59.3 Å². The molecule has 1 aliphatic carbocycles. The Kier molecular flexibility index (Phi) is 6.20. The van der Waals surface area contributed by atoms with Gasteiger partial charge in [-0.1, -0.05) is 44.4 Å². The van der Waals surface area contributed by atoms with E-state index in [1.165, 1.54) is 5.56 Å². The number of hydrogen-bond donors (Lipinski definition) is 2. The van der Waals surface area contributed by atoms with Crippen molar-refractivity contribution < 1.29 is 4.79 Å². The summed E-state index contributed by atoms with van der Waals surface area (Å²) in [7, 11) is 0. The summed E-state index contributed by atoms with van der Waals surface area (Å²) in [4.78, 5) is 21.9. The van der Waals surface area contributed by atoms with Crippen molar-refractivity contribution in [1.82, 2.24) is 25.1 Å². The summed E-state index contributed by atoms with van der Waals surface area (Å²) >= 11 is 0. The fourth-order valence-electron chi connectivity index (χ4n) is 4.15.